The molecule has 1 heterocycles. The molecule has 1 atom stereocenters. The highest BCUT2D eigenvalue weighted by atomic mass is 16.5. The fourth-order valence-corrected chi connectivity index (χ4v) is 2.63. The summed E-state index contributed by atoms with van der Waals surface area (Å²) in [7, 11) is 0. The molecule has 1 N–H and O–H groups in total. The normalized spacial score (nSPS) is 19.8. The quantitative estimate of drug-likeness (QED) is 0.816. The van der Waals surface area contributed by atoms with Gasteiger partial charge in [0, 0.05) is 13.1 Å². The Hall–Kier alpha value is -1.06. The van der Waals surface area contributed by atoms with Gasteiger partial charge in [-0.15, -0.1) is 0 Å². The second-order valence-corrected chi connectivity index (χ2v) is 5.43. The maximum atomic E-state index is 5.81. The van der Waals surface area contributed by atoms with E-state index in [1.165, 1.54) is 25.1 Å². The number of hydrogen-bond donors (Lipinski definition) is 1. The van der Waals surface area contributed by atoms with Gasteiger partial charge in [0.25, 0.3) is 0 Å². The van der Waals surface area contributed by atoms with Gasteiger partial charge >= 0.3 is 0 Å². The molecule has 3 nitrogen and oxygen atoms in total. The van der Waals surface area contributed by atoms with Gasteiger partial charge in [-0.25, -0.2) is 0 Å². The molecule has 0 aromatic heterocycles. The lowest BCUT2D eigenvalue weighted by atomic mass is 10.1. The fourth-order valence-electron chi connectivity index (χ4n) is 2.63. The van der Waals surface area contributed by atoms with Gasteiger partial charge in [0.1, 0.15) is 12.4 Å². The van der Waals surface area contributed by atoms with E-state index in [4.69, 9.17) is 4.74 Å². The van der Waals surface area contributed by atoms with Crippen LogP contribution in [0.2, 0.25) is 0 Å². The summed E-state index contributed by atoms with van der Waals surface area (Å²) in [5.41, 5.74) is 1.25. The van der Waals surface area contributed by atoms with Crippen molar-refractivity contribution in [2.24, 2.45) is 5.92 Å². The van der Waals surface area contributed by atoms with Crippen molar-refractivity contribution in [1.82, 2.24) is 10.2 Å². The van der Waals surface area contributed by atoms with Gasteiger partial charge in [0.2, 0.25) is 0 Å². The summed E-state index contributed by atoms with van der Waals surface area (Å²) in [6.07, 6.45) is 1.32. The summed E-state index contributed by atoms with van der Waals surface area (Å²) < 4.78 is 5.81. The van der Waals surface area contributed by atoms with Crippen LogP contribution in [0.5, 0.6) is 5.75 Å². The van der Waals surface area contributed by atoms with E-state index in [-0.39, 0.29) is 0 Å². The zero-order chi connectivity index (χ0) is 13.5. The summed E-state index contributed by atoms with van der Waals surface area (Å²) in [5.74, 6) is 1.81. The first-order chi connectivity index (χ1) is 9.28. The van der Waals surface area contributed by atoms with Crippen LogP contribution >= 0.6 is 0 Å². The first-order valence-electron chi connectivity index (χ1n) is 7.40. The molecule has 1 aromatic rings. The van der Waals surface area contributed by atoms with Crippen LogP contribution in [0.25, 0.3) is 0 Å². The maximum Gasteiger partial charge on any atom is 0.119 e. The lowest BCUT2D eigenvalue weighted by molar-refractivity contribution is 0.232. The van der Waals surface area contributed by atoms with Crippen molar-refractivity contribution in [1.29, 1.82) is 0 Å². The molecule has 0 saturated carbocycles. The number of likely N-dealkylation sites (tertiary alicyclic amines) is 1. The van der Waals surface area contributed by atoms with Crippen LogP contribution in [0.1, 0.15) is 18.9 Å². The SMILES string of the molecule is CCNCC1CCN(CCOc2cccc(C)c2)C1. The predicted molar refractivity (Wildman–Crippen MR) is 79.8 cm³/mol. The predicted octanol–water partition coefficient (Wildman–Crippen LogP) is 2.31. The molecule has 1 saturated heterocycles. The number of hydrogen-bond acceptors (Lipinski definition) is 3. The number of ether oxygens (including phenoxy) is 1. The highest BCUT2D eigenvalue weighted by Gasteiger charge is 2.21. The van der Waals surface area contributed by atoms with Gasteiger partial charge in [-0.1, -0.05) is 19.1 Å². The molecule has 0 amide bonds. The standard InChI is InChI=1S/C16H26N2O/c1-3-17-12-15-7-8-18(13-15)9-10-19-16-6-4-5-14(2)11-16/h4-6,11,15,17H,3,7-10,12-13H2,1-2H3. The Morgan fingerprint density at radius 2 is 2.32 bits per heavy atom. The molecule has 106 valence electrons. The summed E-state index contributed by atoms with van der Waals surface area (Å²) in [4.78, 5) is 2.51. The van der Waals surface area contributed by atoms with Crippen molar-refractivity contribution in [2.75, 3.05) is 39.3 Å². The third-order valence-electron chi connectivity index (χ3n) is 3.72. The van der Waals surface area contributed by atoms with Gasteiger partial charge in [-0.2, -0.15) is 0 Å². The largest absolute Gasteiger partial charge is 0.492 e. The molecule has 1 aliphatic rings. The Balaban J connectivity index is 1.64. The molecule has 3 heteroatoms. The van der Waals surface area contributed by atoms with Crippen LogP contribution in [-0.4, -0.2) is 44.2 Å². The Kier molecular flexibility index (Phi) is 5.67. The smallest absolute Gasteiger partial charge is 0.119 e. The number of rotatable bonds is 7. The number of benzene rings is 1. The number of nitrogens with zero attached hydrogens (tertiary/aromatic N) is 1. The lowest BCUT2D eigenvalue weighted by Crippen LogP contribution is -2.29. The van der Waals surface area contributed by atoms with E-state index in [0.717, 1.165) is 37.9 Å². The summed E-state index contributed by atoms with van der Waals surface area (Å²) in [6.45, 7) is 10.8. The Labute approximate surface area is 116 Å². The first kappa shape index (κ1) is 14.4. The van der Waals surface area contributed by atoms with E-state index in [2.05, 4.69) is 36.2 Å². The molecule has 0 aliphatic carbocycles. The molecule has 1 aliphatic heterocycles. The minimum atomic E-state index is 0.789. The van der Waals surface area contributed by atoms with Crippen molar-refractivity contribution >= 4 is 0 Å². The van der Waals surface area contributed by atoms with E-state index in [1.54, 1.807) is 0 Å². The molecule has 2 rings (SSSR count). The third-order valence-corrected chi connectivity index (χ3v) is 3.72. The van der Waals surface area contributed by atoms with Gasteiger partial charge in [0.15, 0.2) is 0 Å². The Bertz CT molecular complexity index is 381. The molecule has 0 bridgehead atoms. The summed E-state index contributed by atoms with van der Waals surface area (Å²) in [5, 5.41) is 3.44. The lowest BCUT2D eigenvalue weighted by Gasteiger charge is -2.16. The Morgan fingerprint density at radius 3 is 3.11 bits per heavy atom. The highest BCUT2D eigenvalue weighted by molar-refractivity contribution is 5.27. The number of nitrogens with one attached hydrogen (secondary N) is 1. The minimum Gasteiger partial charge on any atom is -0.492 e. The molecule has 1 fully saturated rings. The van der Waals surface area contributed by atoms with Crippen molar-refractivity contribution < 1.29 is 4.74 Å². The van der Waals surface area contributed by atoms with E-state index < -0.39 is 0 Å². The monoisotopic (exact) mass is 262 g/mol. The van der Waals surface area contributed by atoms with Crippen LogP contribution in [0.15, 0.2) is 24.3 Å². The molecular formula is C16H26N2O. The van der Waals surface area contributed by atoms with Crippen molar-refractivity contribution in [3.05, 3.63) is 29.8 Å². The van der Waals surface area contributed by atoms with Gasteiger partial charge < -0.3 is 10.1 Å². The summed E-state index contributed by atoms with van der Waals surface area (Å²) in [6, 6.07) is 8.27. The molecule has 0 radical (unpaired) electrons. The van der Waals surface area contributed by atoms with Crippen LogP contribution < -0.4 is 10.1 Å². The summed E-state index contributed by atoms with van der Waals surface area (Å²) >= 11 is 0. The molecule has 1 unspecified atom stereocenters. The van der Waals surface area contributed by atoms with E-state index in [9.17, 15) is 0 Å². The average Bonchev–Trinajstić information content (AvgIpc) is 2.84. The minimum absolute atomic E-state index is 0.789. The van der Waals surface area contributed by atoms with Crippen LogP contribution in [0.3, 0.4) is 0 Å². The molecular weight excluding hydrogens is 236 g/mol. The van der Waals surface area contributed by atoms with Crippen molar-refractivity contribution in [2.45, 2.75) is 20.3 Å². The van der Waals surface area contributed by atoms with Crippen LogP contribution in [0, 0.1) is 12.8 Å². The maximum absolute atomic E-state index is 5.81. The third kappa shape index (κ3) is 4.84. The first-order valence-corrected chi connectivity index (χ1v) is 7.40. The highest BCUT2D eigenvalue weighted by Crippen LogP contribution is 2.16. The zero-order valence-electron chi connectivity index (χ0n) is 12.2. The Morgan fingerprint density at radius 1 is 1.42 bits per heavy atom. The average molecular weight is 262 g/mol. The van der Waals surface area contributed by atoms with E-state index >= 15 is 0 Å². The second kappa shape index (κ2) is 7.51. The second-order valence-electron chi connectivity index (χ2n) is 5.43. The molecule has 19 heavy (non-hydrogen) atoms. The van der Waals surface area contributed by atoms with Crippen molar-refractivity contribution in [3.8, 4) is 5.75 Å². The van der Waals surface area contributed by atoms with Crippen LogP contribution in [-0.2, 0) is 0 Å². The van der Waals surface area contributed by atoms with E-state index in [1.807, 2.05) is 12.1 Å². The van der Waals surface area contributed by atoms with Gasteiger partial charge in [-0.05, 0) is 56.6 Å². The molecule has 1 aromatic carbocycles. The molecule has 0 spiro atoms. The fraction of sp³-hybridized carbons (Fsp3) is 0.625. The number of aryl methyl sites for hydroxylation is 1. The van der Waals surface area contributed by atoms with Gasteiger partial charge in [-0.3, -0.25) is 4.90 Å². The van der Waals surface area contributed by atoms with Gasteiger partial charge in [0.05, 0.1) is 0 Å². The van der Waals surface area contributed by atoms with E-state index in [0.29, 0.717) is 0 Å². The zero-order valence-corrected chi connectivity index (χ0v) is 12.2. The van der Waals surface area contributed by atoms with Crippen LogP contribution in [0.4, 0.5) is 0 Å². The topological polar surface area (TPSA) is 24.5 Å². The van der Waals surface area contributed by atoms with Crippen molar-refractivity contribution in [3.63, 3.8) is 0 Å².